The van der Waals surface area contributed by atoms with Crippen molar-refractivity contribution in [1.29, 1.82) is 0 Å². The van der Waals surface area contributed by atoms with E-state index in [4.69, 9.17) is 9.47 Å². The number of carbonyl (C=O) groups excluding carboxylic acids is 1. The first-order chi connectivity index (χ1) is 9.52. The third kappa shape index (κ3) is 3.04. The molecule has 0 radical (unpaired) electrons. The van der Waals surface area contributed by atoms with Crippen molar-refractivity contribution in [1.82, 2.24) is 4.90 Å². The fourth-order valence-electron chi connectivity index (χ4n) is 2.31. The second-order valence-corrected chi connectivity index (χ2v) is 5.14. The maximum absolute atomic E-state index is 12.4. The van der Waals surface area contributed by atoms with E-state index in [1.165, 1.54) is 0 Å². The van der Waals surface area contributed by atoms with Crippen LogP contribution in [0.1, 0.15) is 19.4 Å². The Balaban J connectivity index is 2.11. The van der Waals surface area contributed by atoms with Gasteiger partial charge in [-0.25, -0.2) is 4.79 Å². The zero-order chi connectivity index (χ0) is 14.7. The highest BCUT2D eigenvalue weighted by Crippen LogP contribution is 2.26. The van der Waals surface area contributed by atoms with Crippen LogP contribution in [0.25, 0.3) is 0 Å². The topological polar surface area (TPSA) is 50.8 Å². The number of rotatable bonds is 2. The number of urea groups is 1. The van der Waals surface area contributed by atoms with Gasteiger partial charge in [-0.2, -0.15) is 0 Å². The minimum absolute atomic E-state index is 0.0504. The quantitative estimate of drug-likeness (QED) is 0.904. The van der Waals surface area contributed by atoms with E-state index in [1.54, 1.807) is 12.0 Å². The van der Waals surface area contributed by atoms with Crippen molar-refractivity contribution in [2.24, 2.45) is 0 Å². The molecule has 0 aromatic heterocycles. The normalized spacial score (nSPS) is 22.5. The van der Waals surface area contributed by atoms with Gasteiger partial charge in [-0.1, -0.05) is 6.07 Å². The molecule has 5 heteroatoms. The number of ether oxygens (including phenoxy) is 2. The number of methoxy groups -OCH3 is 1. The van der Waals surface area contributed by atoms with Crippen LogP contribution in [0.3, 0.4) is 0 Å². The van der Waals surface area contributed by atoms with Crippen LogP contribution in [0.15, 0.2) is 18.2 Å². The SMILES string of the molecule is COc1cc(C)ccc1NC(=O)N1CCOC(C)C1C. The summed E-state index contributed by atoms with van der Waals surface area (Å²) in [6.45, 7) is 7.14. The van der Waals surface area contributed by atoms with Crippen molar-refractivity contribution in [3.8, 4) is 5.75 Å². The van der Waals surface area contributed by atoms with Crippen LogP contribution in [0, 0.1) is 6.92 Å². The summed E-state index contributed by atoms with van der Waals surface area (Å²) >= 11 is 0. The molecular formula is C15H22N2O3. The second-order valence-electron chi connectivity index (χ2n) is 5.14. The van der Waals surface area contributed by atoms with Crippen molar-refractivity contribution >= 4 is 11.7 Å². The summed E-state index contributed by atoms with van der Waals surface area (Å²) in [6.07, 6.45) is 0.0504. The van der Waals surface area contributed by atoms with Crippen LogP contribution in [-0.2, 0) is 4.74 Å². The van der Waals surface area contributed by atoms with Gasteiger partial charge in [-0.3, -0.25) is 0 Å². The minimum Gasteiger partial charge on any atom is -0.495 e. The summed E-state index contributed by atoms with van der Waals surface area (Å²) in [7, 11) is 1.60. The molecule has 2 rings (SSSR count). The number of nitrogens with one attached hydrogen (secondary N) is 1. The first kappa shape index (κ1) is 14.7. The molecule has 1 N–H and O–H groups in total. The number of morpholine rings is 1. The van der Waals surface area contributed by atoms with Crippen LogP contribution in [0.2, 0.25) is 0 Å². The van der Waals surface area contributed by atoms with Gasteiger partial charge in [-0.05, 0) is 38.5 Å². The summed E-state index contributed by atoms with van der Waals surface area (Å²) < 4.78 is 10.8. The zero-order valence-electron chi connectivity index (χ0n) is 12.5. The number of nitrogens with zero attached hydrogens (tertiary/aromatic N) is 1. The summed E-state index contributed by atoms with van der Waals surface area (Å²) in [6, 6.07) is 5.65. The van der Waals surface area contributed by atoms with E-state index in [0.717, 1.165) is 5.56 Å². The molecule has 1 aromatic carbocycles. The van der Waals surface area contributed by atoms with Gasteiger partial charge in [0.25, 0.3) is 0 Å². The lowest BCUT2D eigenvalue weighted by atomic mass is 10.1. The highest BCUT2D eigenvalue weighted by Gasteiger charge is 2.29. The monoisotopic (exact) mass is 278 g/mol. The summed E-state index contributed by atoms with van der Waals surface area (Å²) in [5, 5.41) is 2.92. The molecule has 20 heavy (non-hydrogen) atoms. The van der Waals surface area contributed by atoms with Crippen molar-refractivity contribution in [3.63, 3.8) is 0 Å². The maximum Gasteiger partial charge on any atom is 0.322 e. The fourth-order valence-corrected chi connectivity index (χ4v) is 2.31. The van der Waals surface area contributed by atoms with Gasteiger partial charge in [0.2, 0.25) is 0 Å². The van der Waals surface area contributed by atoms with Crippen LogP contribution >= 0.6 is 0 Å². The van der Waals surface area contributed by atoms with Crippen molar-refractivity contribution in [3.05, 3.63) is 23.8 Å². The Labute approximate surface area is 119 Å². The van der Waals surface area contributed by atoms with Crippen molar-refractivity contribution in [2.75, 3.05) is 25.6 Å². The second kappa shape index (κ2) is 6.13. The van der Waals surface area contributed by atoms with E-state index in [9.17, 15) is 4.79 Å². The van der Waals surface area contributed by atoms with Crippen molar-refractivity contribution in [2.45, 2.75) is 32.9 Å². The minimum atomic E-state index is -0.116. The highest BCUT2D eigenvalue weighted by atomic mass is 16.5. The number of anilines is 1. The van der Waals surface area contributed by atoms with Crippen LogP contribution in [0.4, 0.5) is 10.5 Å². The number of aryl methyl sites for hydroxylation is 1. The predicted octanol–water partition coefficient (Wildman–Crippen LogP) is 2.64. The van der Waals surface area contributed by atoms with Gasteiger partial charge in [0.05, 0.1) is 31.5 Å². The lowest BCUT2D eigenvalue weighted by Crippen LogP contribution is -2.52. The van der Waals surface area contributed by atoms with Gasteiger partial charge < -0.3 is 19.7 Å². The molecule has 110 valence electrons. The molecule has 1 heterocycles. The molecule has 2 amide bonds. The Morgan fingerprint density at radius 2 is 2.20 bits per heavy atom. The summed E-state index contributed by atoms with van der Waals surface area (Å²) in [5.41, 5.74) is 1.78. The molecule has 1 fully saturated rings. The van der Waals surface area contributed by atoms with E-state index >= 15 is 0 Å². The predicted molar refractivity (Wildman–Crippen MR) is 78.3 cm³/mol. The molecule has 0 saturated carbocycles. The first-order valence-electron chi connectivity index (χ1n) is 6.86. The average Bonchev–Trinajstić information content (AvgIpc) is 2.43. The maximum atomic E-state index is 12.4. The van der Waals surface area contributed by atoms with E-state index < -0.39 is 0 Å². The molecule has 1 saturated heterocycles. The number of benzene rings is 1. The Morgan fingerprint density at radius 1 is 1.45 bits per heavy atom. The Kier molecular flexibility index (Phi) is 4.49. The van der Waals surface area contributed by atoms with E-state index in [1.807, 2.05) is 39.0 Å². The van der Waals surface area contributed by atoms with Crippen molar-refractivity contribution < 1.29 is 14.3 Å². The molecule has 1 aliphatic heterocycles. The molecule has 2 unspecified atom stereocenters. The summed E-state index contributed by atoms with van der Waals surface area (Å²) in [4.78, 5) is 14.2. The van der Waals surface area contributed by atoms with Crippen LogP contribution < -0.4 is 10.1 Å². The lowest BCUT2D eigenvalue weighted by molar-refractivity contribution is -0.0355. The van der Waals surface area contributed by atoms with Gasteiger partial charge >= 0.3 is 6.03 Å². The summed E-state index contributed by atoms with van der Waals surface area (Å²) in [5.74, 6) is 0.673. The number of hydrogen-bond donors (Lipinski definition) is 1. The Hall–Kier alpha value is -1.75. The van der Waals surface area contributed by atoms with Gasteiger partial charge in [0.15, 0.2) is 0 Å². The number of amides is 2. The third-order valence-corrected chi connectivity index (χ3v) is 3.74. The molecule has 2 atom stereocenters. The molecule has 1 aromatic rings. The fraction of sp³-hybridized carbons (Fsp3) is 0.533. The number of hydrogen-bond acceptors (Lipinski definition) is 3. The molecule has 1 aliphatic rings. The third-order valence-electron chi connectivity index (χ3n) is 3.74. The molecule has 0 bridgehead atoms. The van der Waals surface area contributed by atoms with Gasteiger partial charge in [0, 0.05) is 6.54 Å². The first-order valence-corrected chi connectivity index (χ1v) is 6.86. The molecular weight excluding hydrogens is 256 g/mol. The van der Waals surface area contributed by atoms with E-state index in [2.05, 4.69) is 5.32 Å². The Morgan fingerprint density at radius 3 is 2.90 bits per heavy atom. The smallest absolute Gasteiger partial charge is 0.322 e. The largest absolute Gasteiger partial charge is 0.495 e. The highest BCUT2D eigenvalue weighted by molar-refractivity contribution is 5.91. The standard InChI is InChI=1S/C15H22N2O3/c1-10-5-6-13(14(9-10)19-4)16-15(18)17-7-8-20-12(3)11(17)2/h5-6,9,11-12H,7-8H2,1-4H3,(H,16,18). The van der Waals surface area contributed by atoms with E-state index in [0.29, 0.717) is 24.6 Å². The average molecular weight is 278 g/mol. The molecule has 0 aliphatic carbocycles. The number of carbonyl (C=O) groups is 1. The molecule has 0 spiro atoms. The zero-order valence-corrected chi connectivity index (χ0v) is 12.5. The van der Waals surface area contributed by atoms with Gasteiger partial charge in [-0.15, -0.1) is 0 Å². The van der Waals surface area contributed by atoms with Gasteiger partial charge in [0.1, 0.15) is 5.75 Å². The van der Waals surface area contributed by atoms with Crippen LogP contribution in [0.5, 0.6) is 5.75 Å². The molecule has 5 nitrogen and oxygen atoms in total. The van der Waals surface area contributed by atoms with Crippen LogP contribution in [-0.4, -0.2) is 43.3 Å². The van der Waals surface area contributed by atoms with E-state index in [-0.39, 0.29) is 18.2 Å². The Bertz CT molecular complexity index is 490. The lowest BCUT2D eigenvalue weighted by Gasteiger charge is -2.37.